The maximum atomic E-state index is 10.9. The molecule has 0 amide bonds. The molecule has 1 aliphatic heterocycles. The third kappa shape index (κ3) is 3.31. The molecule has 0 saturated carbocycles. The quantitative estimate of drug-likeness (QED) is 0.879. The highest BCUT2D eigenvalue weighted by Gasteiger charge is 2.25. The molecule has 1 aromatic carbocycles. The number of rotatable bonds is 4. The van der Waals surface area contributed by atoms with Crippen molar-refractivity contribution in [2.45, 2.75) is 26.0 Å². The summed E-state index contributed by atoms with van der Waals surface area (Å²) in [5.41, 5.74) is 2.54. The first-order chi connectivity index (χ1) is 8.69. The van der Waals surface area contributed by atoms with E-state index in [0.717, 1.165) is 19.5 Å². The number of nitrogens with zero attached hydrogens (tertiary/aromatic N) is 1. The van der Waals surface area contributed by atoms with Crippen molar-refractivity contribution < 1.29 is 14.6 Å². The van der Waals surface area contributed by atoms with Crippen LogP contribution in [0.25, 0.3) is 0 Å². The predicted octanol–water partition coefficient (Wildman–Crippen LogP) is 1.53. The summed E-state index contributed by atoms with van der Waals surface area (Å²) in [5.74, 6) is -0.874. The first-order valence-electron chi connectivity index (χ1n) is 6.33. The van der Waals surface area contributed by atoms with Gasteiger partial charge in [0.05, 0.1) is 6.61 Å². The van der Waals surface area contributed by atoms with E-state index in [2.05, 4.69) is 36.1 Å². The average Bonchev–Trinajstić information content (AvgIpc) is 2.40. The zero-order valence-electron chi connectivity index (χ0n) is 10.6. The summed E-state index contributed by atoms with van der Waals surface area (Å²) < 4.78 is 5.20. The highest BCUT2D eigenvalue weighted by Crippen LogP contribution is 2.12. The molecule has 0 aromatic heterocycles. The van der Waals surface area contributed by atoms with Gasteiger partial charge in [0.15, 0.2) is 6.10 Å². The summed E-state index contributed by atoms with van der Waals surface area (Å²) in [6.07, 6.45) is 0.354. The summed E-state index contributed by atoms with van der Waals surface area (Å²) in [6.45, 7) is 4.67. The van der Waals surface area contributed by atoms with Crippen molar-refractivity contribution in [2.75, 3.05) is 19.7 Å². The molecule has 18 heavy (non-hydrogen) atoms. The smallest absolute Gasteiger partial charge is 0.334 e. The Kier molecular flexibility index (Phi) is 4.33. The van der Waals surface area contributed by atoms with E-state index in [9.17, 15) is 4.79 Å². The summed E-state index contributed by atoms with van der Waals surface area (Å²) in [5, 5.41) is 8.94. The third-order valence-electron chi connectivity index (χ3n) is 3.26. The zero-order valence-corrected chi connectivity index (χ0v) is 10.6. The van der Waals surface area contributed by atoms with Gasteiger partial charge >= 0.3 is 5.97 Å². The van der Waals surface area contributed by atoms with Gasteiger partial charge in [-0.3, -0.25) is 4.90 Å². The Bertz CT molecular complexity index is 402. The number of carbonyl (C=O) groups is 1. The van der Waals surface area contributed by atoms with Crippen molar-refractivity contribution in [3.63, 3.8) is 0 Å². The van der Waals surface area contributed by atoms with E-state index in [1.165, 1.54) is 11.1 Å². The Morgan fingerprint density at radius 1 is 1.39 bits per heavy atom. The lowest BCUT2D eigenvalue weighted by Gasteiger charge is -2.30. The lowest BCUT2D eigenvalue weighted by atomic mass is 10.1. The molecule has 2 rings (SSSR count). The largest absolute Gasteiger partial charge is 0.479 e. The minimum Gasteiger partial charge on any atom is -0.479 e. The number of benzene rings is 1. The maximum Gasteiger partial charge on any atom is 0.334 e. The Morgan fingerprint density at radius 2 is 2.06 bits per heavy atom. The van der Waals surface area contributed by atoms with Gasteiger partial charge in [-0.15, -0.1) is 0 Å². The molecule has 0 spiro atoms. The van der Waals surface area contributed by atoms with Crippen LogP contribution >= 0.6 is 0 Å². The van der Waals surface area contributed by atoms with Crippen LogP contribution < -0.4 is 0 Å². The van der Waals surface area contributed by atoms with Crippen molar-refractivity contribution in [3.8, 4) is 0 Å². The van der Waals surface area contributed by atoms with Crippen molar-refractivity contribution in [1.82, 2.24) is 4.90 Å². The van der Waals surface area contributed by atoms with E-state index < -0.39 is 12.1 Å². The normalized spacial score (nSPS) is 20.8. The minimum atomic E-state index is -0.874. The number of hydrogen-bond donors (Lipinski definition) is 1. The minimum absolute atomic E-state index is 0.463. The molecule has 1 heterocycles. The van der Waals surface area contributed by atoms with E-state index in [4.69, 9.17) is 9.84 Å². The van der Waals surface area contributed by atoms with Gasteiger partial charge in [0, 0.05) is 19.6 Å². The molecule has 1 N–H and O–H groups in total. The Labute approximate surface area is 107 Å². The van der Waals surface area contributed by atoms with Crippen LogP contribution in [0.1, 0.15) is 18.1 Å². The van der Waals surface area contributed by atoms with E-state index in [1.54, 1.807) is 0 Å². The Hall–Kier alpha value is -1.39. The van der Waals surface area contributed by atoms with Crippen molar-refractivity contribution in [1.29, 1.82) is 0 Å². The molecular formula is C14H19NO3. The second-order valence-corrected chi connectivity index (χ2v) is 4.60. The van der Waals surface area contributed by atoms with Gasteiger partial charge in [-0.1, -0.05) is 31.2 Å². The van der Waals surface area contributed by atoms with Crippen LogP contribution in [0.4, 0.5) is 0 Å². The van der Waals surface area contributed by atoms with Crippen molar-refractivity contribution in [2.24, 2.45) is 0 Å². The summed E-state index contributed by atoms with van der Waals surface area (Å²) >= 11 is 0. The highest BCUT2D eigenvalue weighted by molar-refractivity contribution is 5.72. The van der Waals surface area contributed by atoms with Crippen LogP contribution in [0.3, 0.4) is 0 Å². The predicted molar refractivity (Wildman–Crippen MR) is 68.5 cm³/mol. The van der Waals surface area contributed by atoms with Crippen LogP contribution in [-0.4, -0.2) is 41.8 Å². The molecule has 0 bridgehead atoms. The molecule has 0 aliphatic carbocycles. The molecule has 1 saturated heterocycles. The Morgan fingerprint density at radius 3 is 2.67 bits per heavy atom. The second-order valence-electron chi connectivity index (χ2n) is 4.60. The first kappa shape index (κ1) is 13.1. The SMILES string of the molecule is CCc1ccc(CN2CCOC(C(=O)O)C2)cc1. The molecule has 4 nitrogen and oxygen atoms in total. The molecule has 1 atom stereocenters. The molecule has 98 valence electrons. The monoisotopic (exact) mass is 249 g/mol. The van der Waals surface area contributed by atoms with Crippen LogP contribution in [0.2, 0.25) is 0 Å². The lowest BCUT2D eigenvalue weighted by Crippen LogP contribution is -2.45. The van der Waals surface area contributed by atoms with Gasteiger partial charge in [0.25, 0.3) is 0 Å². The molecule has 4 heteroatoms. The number of aliphatic carboxylic acids is 1. The molecule has 1 aliphatic rings. The van der Waals surface area contributed by atoms with Crippen LogP contribution in [0.5, 0.6) is 0 Å². The van der Waals surface area contributed by atoms with Crippen LogP contribution in [0, 0.1) is 0 Å². The second kappa shape index (κ2) is 5.98. The number of ether oxygens (including phenoxy) is 1. The topological polar surface area (TPSA) is 49.8 Å². The molecule has 1 aromatic rings. The van der Waals surface area contributed by atoms with Crippen molar-refractivity contribution in [3.05, 3.63) is 35.4 Å². The average molecular weight is 249 g/mol. The maximum absolute atomic E-state index is 10.9. The van der Waals surface area contributed by atoms with E-state index in [0.29, 0.717) is 13.2 Å². The van der Waals surface area contributed by atoms with Gasteiger partial charge in [-0.2, -0.15) is 0 Å². The van der Waals surface area contributed by atoms with Gasteiger partial charge < -0.3 is 9.84 Å². The number of carboxylic acids is 1. The van der Waals surface area contributed by atoms with Gasteiger partial charge in [-0.05, 0) is 17.5 Å². The first-order valence-corrected chi connectivity index (χ1v) is 6.33. The third-order valence-corrected chi connectivity index (χ3v) is 3.26. The van der Waals surface area contributed by atoms with Crippen LogP contribution in [0.15, 0.2) is 24.3 Å². The van der Waals surface area contributed by atoms with Gasteiger partial charge in [0.1, 0.15) is 0 Å². The number of carboxylic acid groups (broad SMARTS) is 1. The zero-order chi connectivity index (χ0) is 13.0. The number of hydrogen-bond acceptors (Lipinski definition) is 3. The summed E-state index contributed by atoms with van der Waals surface area (Å²) in [6, 6.07) is 8.49. The lowest BCUT2D eigenvalue weighted by molar-refractivity contribution is -0.156. The molecule has 1 fully saturated rings. The van der Waals surface area contributed by atoms with E-state index in [1.807, 2.05) is 0 Å². The van der Waals surface area contributed by atoms with Crippen molar-refractivity contribution >= 4 is 5.97 Å². The molecule has 1 unspecified atom stereocenters. The highest BCUT2D eigenvalue weighted by atomic mass is 16.5. The fourth-order valence-corrected chi connectivity index (χ4v) is 2.13. The fourth-order valence-electron chi connectivity index (χ4n) is 2.13. The fraction of sp³-hybridized carbons (Fsp3) is 0.500. The van der Waals surface area contributed by atoms with Gasteiger partial charge in [0.2, 0.25) is 0 Å². The van der Waals surface area contributed by atoms with E-state index >= 15 is 0 Å². The standard InChI is InChI=1S/C14H19NO3/c1-2-11-3-5-12(6-4-11)9-15-7-8-18-13(10-15)14(16)17/h3-6,13H,2,7-10H2,1H3,(H,16,17). The Balaban J connectivity index is 1.93. The number of morpholine rings is 1. The van der Waals surface area contributed by atoms with Gasteiger partial charge in [-0.25, -0.2) is 4.79 Å². The number of aryl methyl sites for hydroxylation is 1. The summed E-state index contributed by atoms with van der Waals surface area (Å²) in [4.78, 5) is 13.0. The van der Waals surface area contributed by atoms with E-state index in [-0.39, 0.29) is 0 Å². The van der Waals surface area contributed by atoms with Crippen LogP contribution in [-0.2, 0) is 22.5 Å². The summed E-state index contributed by atoms with van der Waals surface area (Å²) in [7, 11) is 0. The molecular weight excluding hydrogens is 230 g/mol. The molecule has 0 radical (unpaired) electrons.